The second kappa shape index (κ2) is 4.32. The van der Waals surface area contributed by atoms with Crippen LogP contribution in [0, 0.1) is 0 Å². The summed E-state index contributed by atoms with van der Waals surface area (Å²) in [5, 5.41) is 21.5. The Morgan fingerprint density at radius 2 is 1.64 bits per heavy atom. The van der Waals surface area contributed by atoms with Crippen molar-refractivity contribution in [3.8, 4) is 22.6 Å². The van der Waals surface area contributed by atoms with Crippen molar-refractivity contribution >= 4 is 7.32 Å². The van der Waals surface area contributed by atoms with Gasteiger partial charge >= 0.3 is 7.32 Å². The zero-order valence-electron chi connectivity index (χ0n) is 7.89. The zero-order valence-corrected chi connectivity index (χ0v) is 7.89. The topological polar surface area (TPSA) is 79.2 Å². The lowest BCUT2D eigenvalue weighted by atomic mass is 10.3. The quantitative estimate of drug-likeness (QED) is 0.574. The molecule has 0 radical (unpaired) electrons. The highest BCUT2D eigenvalue weighted by Gasteiger charge is 2.23. The maximum Gasteiger partial charge on any atom is 0.631 e. The van der Waals surface area contributed by atoms with E-state index in [9.17, 15) is 0 Å². The number of benzene rings is 1. The Bertz CT molecular complexity index is 323. The van der Waals surface area contributed by atoms with Crippen LogP contribution in [0.5, 0.6) is 11.5 Å². The fourth-order valence-electron chi connectivity index (χ4n) is 1.14. The maximum atomic E-state index is 7.17. The van der Waals surface area contributed by atoms with E-state index in [0.29, 0.717) is 0 Å². The Morgan fingerprint density at radius 3 is 2.00 bits per heavy atom. The molecule has 5 nitrogen and oxygen atoms in total. The van der Waals surface area contributed by atoms with Crippen molar-refractivity contribution in [2.75, 3.05) is 14.2 Å². The SMILES string of the molecule is COc1cc2cc-2c1OC.OB(O)O. The van der Waals surface area contributed by atoms with Gasteiger partial charge in [0.2, 0.25) is 0 Å². The second-order valence-electron chi connectivity index (χ2n) is 2.61. The van der Waals surface area contributed by atoms with Crippen LogP contribution < -0.4 is 9.47 Å². The summed E-state index contributed by atoms with van der Waals surface area (Å²) in [4.78, 5) is 0. The molecule has 0 heterocycles. The molecule has 2 aliphatic rings. The minimum Gasteiger partial charge on any atom is -0.493 e. The van der Waals surface area contributed by atoms with E-state index in [2.05, 4.69) is 6.07 Å². The van der Waals surface area contributed by atoms with Crippen molar-refractivity contribution in [3.05, 3.63) is 12.1 Å². The van der Waals surface area contributed by atoms with Gasteiger partial charge in [0.25, 0.3) is 0 Å². The minimum absolute atomic E-state index is 0.843. The van der Waals surface area contributed by atoms with Gasteiger partial charge in [0.15, 0.2) is 11.5 Å². The van der Waals surface area contributed by atoms with E-state index in [0.717, 1.165) is 11.5 Å². The third kappa shape index (κ3) is 2.38. The Kier molecular flexibility index (Phi) is 3.35. The Labute approximate surface area is 81.7 Å². The molecule has 0 atom stereocenters. The molecule has 0 spiro atoms. The van der Waals surface area contributed by atoms with Crippen LogP contribution in [0.25, 0.3) is 11.1 Å². The van der Waals surface area contributed by atoms with Gasteiger partial charge < -0.3 is 24.5 Å². The van der Waals surface area contributed by atoms with Gasteiger partial charge in [-0.15, -0.1) is 0 Å². The molecule has 2 aliphatic carbocycles. The largest absolute Gasteiger partial charge is 0.631 e. The molecule has 14 heavy (non-hydrogen) atoms. The number of hydrogen-bond donors (Lipinski definition) is 3. The predicted octanol–water partition coefficient (Wildman–Crippen LogP) is -0.368. The van der Waals surface area contributed by atoms with Crippen LogP contribution in [0.2, 0.25) is 0 Å². The van der Waals surface area contributed by atoms with Crippen LogP contribution in [-0.4, -0.2) is 36.6 Å². The number of rotatable bonds is 2. The summed E-state index contributed by atoms with van der Waals surface area (Å²) in [6.45, 7) is 0. The summed E-state index contributed by atoms with van der Waals surface area (Å²) in [6, 6.07) is 4.05. The Morgan fingerprint density at radius 1 is 1.07 bits per heavy atom. The van der Waals surface area contributed by atoms with E-state index in [1.54, 1.807) is 14.2 Å². The zero-order chi connectivity index (χ0) is 10.7. The summed E-state index contributed by atoms with van der Waals surface area (Å²) < 4.78 is 10.2. The van der Waals surface area contributed by atoms with Gasteiger partial charge in [-0.1, -0.05) is 0 Å². The molecule has 0 aliphatic heterocycles. The van der Waals surface area contributed by atoms with Crippen molar-refractivity contribution < 1.29 is 24.5 Å². The summed E-state index contributed by atoms with van der Waals surface area (Å²) in [7, 11) is 1.14. The third-order valence-electron chi connectivity index (χ3n) is 1.71. The number of hydrogen-bond acceptors (Lipinski definition) is 5. The van der Waals surface area contributed by atoms with Gasteiger partial charge in [0.05, 0.1) is 14.2 Å². The van der Waals surface area contributed by atoms with Crippen molar-refractivity contribution in [1.29, 1.82) is 0 Å². The molecule has 76 valence electrons. The van der Waals surface area contributed by atoms with Gasteiger partial charge in [-0.05, 0) is 17.7 Å². The van der Waals surface area contributed by atoms with Crippen LogP contribution in [0.15, 0.2) is 12.1 Å². The first kappa shape index (κ1) is 10.8. The van der Waals surface area contributed by atoms with E-state index < -0.39 is 7.32 Å². The normalized spacial score (nSPS) is 9.79. The Balaban J connectivity index is 0.000000213. The lowest BCUT2D eigenvalue weighted by Gasteiger charge is -2.00. The van der Waals surface area contributed by atoms with Gasteiger partial charge in [0.1, 0.15) is 0 Å². The highest BCUT2D eigenvalue weighted by molar-refractivity contribution is 6.30. The van der Waals surface area contributed by atoms with Crippen LogP contribution in [-0.2, 0) is 0 Å². The monoisotopic (exact) mass is 198 g/mol. The van der Waals surface area contributed by atoms with E-state index in [4.69, 9.17) is 24.5 Å². The first-order valence-corrected chi connectivity index (χ1v) is 3.90. The lowest BCUT2D eigenvalue weighted by molar-refractivity contribution is 0.278. The average molecular weight is 198 g/mol. The van der Waals surface area contributed by atoms with E-state index in [1.165, 1.54) is 11.1 Å². The van der Waals surface area contributed by atoms with Crippen molar-refractivity contribution in [2.45, 2.75) is 0 Å². The molecule has 0 aromatic carbocycles. The van der Waals surface area contributed by atoms with Crippen LogP contribution in [0.3, 0.4) is 0 Å². The predicted molar refractivity (Wildman–Crippen MR) is 51.0 cm³/mol. The van der Waals surface area contributed by atoms with E-state index in [-0.39, 0.29) is 0 Å². The summed E-state index contributed by atoms with van der Waals surface area (Å²) in [6.07, 6.45) is 0. The minimum atomic E-state index is -2.17. The van der Waals surface area contributed by atoms with Crippen molar-refractivity contribution in [2.24, 2.45) is 0 Å². The first-order valence-electron chi connectivity index (χ1n) is 3.90. The molecule has 3 N–H and O–H groups in total. The number of ether oxygens (including phenoxy) is 2. The van der Waals surface area contributed by atoms with Crippen LogP contribution in [0.4, 0.5) is 0 Å². The van der Waals surface area contributed by atoms with E-state index >= 15 is 0 Å². The molecule has 0 aromatic heterocycles. The van der Waals surface area contributed by atoms with Gasteiger partial charge in [-0.2, -0.15) is 0 Å². The molecule has 0 unspecified atom stereocenters. The van der Waals surface area contributed by atoms with Crippen LogP contribution in [0.1, 0.15) is 0 Å². The van der Waals surface area contributed by atoms with Gasteiger partial charge in [-0.3, -0.25) is 0 Å². The molecular formula is C8H11BO5. The fourth-order valence-corrected chi connectivity index (χ4v) is 1.14. The highest BCUT2D eigenvalue weighted by atomic mass is 16.5. The summed E-state index contributed by atoms with van der Waals surface area (Å²) in [5.74, 6) is 1.72. The second-order valence-corrected chi connectivity index (χ2v) is 2.61. The standard InChI is InChI=1S/C8H8O2.BH3O3/c1-9-7-4-5-3-6(5)8(7)10-2;2-1(3)4/h3-4H,1-2H3;2-4H. The van der Waals surface area contributed by atoms with Crippen molar-refractivity contribution in [1.82, 2.24) is 0 Å². The third-order valence-corrected chi connectivity index (χ3v) is 1.71. The smallest absolute Gasteiger partial charge is 0.493 e. The molecule has 0 saturated heterocycles. The number of methoxy groups -OCH3 is 2. The lowest BCUT2D eigenvalue weighted by Crippen LogP contribution is -2.07. The van der Waals surface area contributed by atoms with Crippen molar-refractivity contribution in [3.63, 3.8) is 0 Å². The highest BCUT2D eigenvalue weighted by Crippen LogP contribution is 2.50. The molecule has 0 amide bonds. The molecular weight excluding hydrogens is 187 g/mol. The Hall–Kier alpha value is -1.24. The summed E-state index contributed by atoms with van der Waals surface area (Å²) >= 11 is 0. The molecule has 6 heteroatoms. The first-order chi connectivity index (χ1) is 6.60. The van der Waals surface area contributed by atoms with E-state index in [1.807, 2.05) is 6.07 Å². The molecule has 0 fully saturated rings. The van der Waals surface area contributed by atoms with Crippen LogP contribution >= 0.6 is 0 Å². The maximum absolute atomic E-state index is 7.17. The molecule has 0 bridgehead atoms. The fraction of sp³-hybridized carbons (Fsp3) is 0.250. The van der Waals surface area contributed by atoms with Gasteiger partial charge in [0, 0.05) is 5.56 Å². The number of fused-ring (bicyclic) bond motifs is 1. The molecule has 2 rings (SSSR count). The average Bonchev–Trinajstić information content (AvgIpc) is 2.77. The molecule has 0 aromatic rings. The summed E-state index contributed by atoms with van der Waals surface area (Å²) in [5.41, 5.74) is 2.44. The van der Waals surface area contributed by atoms with Gasteiger partial charge in [-0.25, -0.2) is 0 Å². The molecule has 0 saturated carbocycles.